The molecule has 10 heteroatoms. The average Bonchev–Trinajstić information content (AvgIpc) is 3.59. The molecule has 1 saturated heterocycles. The van der Waals surface area contributed by atoms with Gasteiger partial charge in [0, 0.05) is 6.54 Å². The number of aryl methyl sites for hydroxylation is 1. The molecule has 34 heavy (non-hydrogen) atoms. The summed E-state index contributed by atoms with van der Waals surface area (Å²) in [4.78, 5) is 21.2. The van der Waals surface area contributed by atoms with E-state index in [1.807, 2.05) is 48.2 Å². The molecule has 1 aliphatic rings. The van der Waals surface area contributed by atoms with Crippen LogP contribution in [-0.2, 0) is 11.2 Å². The maximum Gasteiger partial charge on any atom is 0.256 e. The van der Waals surface area contributed by atoms with E-state index in [4.69, 9.17) is 14.0 Å². The highest BCUT2D eigenvalue weighted by molar-refractivity contribution is 5.98. The standard InChI is InChI=1S/C24H24N6O4/c1-16-3-5-19(21(11-16)30-26-7-8-27-30)24(31)29-9-10-33-14-18(29)12-17-4-6-22(32-2)20(13-17)23-25-15-34-28-23/h3-8,11,13,15,18H,9-10,12,14H2,1-2H3. The van der Waals surface area contributed by atoms with Gasteiger partial charge in [-0.2, -0.15) is 20.0 Å². The number of hydrogen-bond acceptors (Lipinski definition) is 8. The fourth-order valence-corrected chi connectivity index (χ4v) is 4.19. The molecule has 0 spiro atoms. The second-order valence-electron chi connectivity index (χ2n) is 8.06. The number of rotatable bonds is 6. The molecule has 1 fully saturated rings. The predicted molar refractivity (Wildman–Crippen MR) is 122 cm³/mol. The summed E-state index contributed by atoms with van der Waals surface area (Å²) in [5, 5.41) is 12.4. The monoisotopic (exact) mass is 460 g/mol. The summed E-state index contributed by atoms with van der Waals surface area (Å²) < 4.78 is 16.1. The molecule has 0 N–H and O–H groups in total. The van der Waals surface area contributed by atoms with Gasteiger partial charge in [0.05, 0.1) is 55.6 Å². The Morgan fingerprint density at radius 2 is 2.03 bits per heavy atom. The van der Waals surface area contributed by atoms with E-state index >= 15 is 0 Å². The number of morpholine rings is 1. The van der Waals surface area contributed by atoms with Crippen molar-refractivity contribution in [1.82, 2.24) is 30.0 Å². The van der Waals surface area contributed by atoms with Crippen molar-refractivity contribution in [2.24, 2.45) is 0 Å². The van der Waals surface area contributed by atoms with Crippen LogP contribution < -0.4 is 4.74 Å². The number of aromatic nitrogens is 5. The third kappa shape index (κ3) is 4.27. The third-order valence-corrected chi connectivity index (χ3v) is 5.84. The lowest BCUT2D eigenvalue weighted by atomic mass is 10.00. The summed E-state index contributed by atoms with van der Waals surface area (Å²) in [6.07, 6.45) is 5.07. The smallest absolute Gasteiger partial charge is 0.256 e. The van der Waals surface area contributed by atoms with Crippen LogP contribution in [-0.4, -0.2) is 68.9 Å². The summed E-state index contributed by atoms with van der Waals surface area (Å²) in [6, 6.07) is 11.4. The van der Waals surface area contributed by atoms with Crippen molar-refractivity contribution in [3.63, 3.8) is 0 Å². The molecule has 2 aromatic carbocycles. The first-order valence-corrected chi connectivity index (χ1v) is 10.9. The second-order valence-corrected chi connectivity index (χ2v) is 8.06. The molecule has 0 saturated carbocycles. The van der Waals surface area contributed by atoms with Gasteiger partial charge in [-0.25, -0.2) is 0 Å². The van der Waals surface area contributed by atoms with Crippen molar-refractivity contribution in [3.05, 3.63) is 71.9 Å². The Morgan fingerprint density at radius 1 is 1.18 bits per heavy atom. The van der Waals surface area contributed by atoms with Crippen molar-refractivity contribution in [1.29, 1.82) is 0 Å². The van der Waals surface area contributed by atoms with Gasteiger partial charge in [0.25, 0.3) is 5.91 Å². The van der Waals surface area contributed by atoms with Gasteiger partial charge in [-0.05, 0) is 48.7 Å². The minimum Gasteiger partial charge on any atom is -0.496 e. The van der Waals surface area contributed by atoms with Crippen LogP contribution in [0, 0.1) is 6.92 Å². The lowest BCUT2D eigenvalue weighted by molar-refractivity contribution is -0.00165. The Kier molecular flexibility index (Phi) is 6.05. The highest BCUT2D eigenvalue weighted by atomic mass is 16.5. The molecule has 1 amide bonds. The molecular formula is C24H24N6O4. The number of ether oxygens (including phenoxy) is 2. The molecule has 1 unspecified atom stereocenters. The maximum atomic E-state index is 13.7. The number of nitrogens with zero attached hydrogens (tertiary/aromatic N) is 6. The summed E-state index contributed by atoms with van der Waals surface area (Å²) in [5.41, 5.74) is 3.97. The van der Waals surface area contributed by atoms with E-state index in [1.54, 1.807) is 19.5 Å². The summed E-state index contributed by atoms with van der Waals surface area (Å²) in [5.74, 6) is 1.02. The normalized spacial score (nSPS) is 15.9. The summed E-state index contributed by atoms with van der Waals surface area (Å²) in [7, 11) is 1.60. The van der Waals surface area contributed by atoms with E-state index < -0.39 is 0 Å². The number of hydrogen-bond donors (Lipinski definition) is 0. The second kappa shape index (κ2) is 9.44. The zero-order valence-corrected chi connectivity index (χ0v) is 18.9. The maximum absolute atomic E-state index is 13.7. The van der Waals surface area contributed by atoms with Crippen molar-refractivity contribution in [2.45, 2.75) is 19.4 Å². The van der Waals surface area contributed by atoms with Gasteiger partial charge in [-0.3, -0.25) is 4.79 Å². The summed E-state index contributed by atoms with van der Waals surface area (Å²) >= 11 is 0. The van der Waals surface area contributed by atoms with Crippen LogP contribution in [0.2, 0.25) is 0 Å². The van der Waals surface area contributed by atoms with E-state index in [1.165, 1.54) is 11.2 Å². The lowest BCUT2D eigenvalue weighted by Gasteiger charge is -2.36. The number of benzene rings is 2. The van der Waals surface area contributed by atoms with E-state index in [9.17, 15) is 4.79 Å². The van der Waals surface area contributed by atoms with Crippen LogP contribution >= 0.6 is 0 Å². The van der Waals surface area contributed by atoms with Crippen molar-refractivity contribution in [3.8, 4) is 22.8 Å². The van der Waals surface area contributed by atoms with Gasteiger partial charge in [0.15, 0.2) is 0 Å². The first-order valence-electron chi connectivity index (χ1n) is 10.9. The molecule has 0 aliphatic carbocycles. The van der Waals surface area contributed by atoms with Crippen LogP contribution in [0.15, 0.2) is 59.7 Å². The highest BCUT2D eigenvalue weighted by Gasteiger charge is 2.30. The van der Waals surface area contributed by atoms with E-state index in [-0.39, 0.29) is 11.9 Å². The Bertz CT molecular complexity index is 1270. The van der Waals surface area contributed by atoms with Crippen molar-refractivity contribution >= 4 is 5.91 Å². The van der Waals surface area contributed by atoms with E-state index in [0.29, 0.717) is 49.0 Å². The molecule has 1 atom stereocenters. The number of amides is 1. The minimum atomic E-state index is -0.146. The topological polar surface area (TPSA) is 108 Å². The molecule has 3 heterocycles. The molecule has 0 bridgehead atoms. The molecule has 174 valence electrons. The first-order chi connectivity index (χ1) is 16.6. The van der Waals surface area contributed by atoms with Crippen LogP contribution in [0.1, 0.15) is 21.5 Å². The van der Waals surface area contributed by atoms with Crippen LogP contribution in [0.25, 0.3) is 17.1 Å². The third-order valence-electron chi connectivity index (χ3n) is 5.84. The average molecular weight is 460 g/mol. The molecule has 10 nitrogen and oxygen atoms in total. The zero-order valence-electron chi connectivity index (χ0n) is 18.9. The molecule has 4 aromatic rings. The largest absolute Gasteiger partial charge is 0.496 e. The highest BCUT2D eigenvalue weighted by Crippen LogP contribution is 2.30. The van der Waals surface area contributed by atoms with Gasteiger partial charge < -0.3 is 18.9 Å². The Hall–Kier alpha value is -4.05. The van der Waals surface area contributed by atoms with Crippen LogP contribution in [0.4, 0.5) is 0 Å². The lowest BCUT2D eigenvalue weighted by Crippen LogP contribution is -2.50. The molecule has 1 aliphatic heterocycles. The number of methoxy groups -OCH3 is 1. The van der Waals surface area contributed by atoms with E-state index in [0.717, 1.165) is 16.7 Å². The minimum absolute atomic E-state index is 0.0764. The van der Waals surface area contributed by atoms with Crippen LogP contribution in [0.3, 0.4) is 0 Å². The van der Waals surface area contributed by atoms with Gasteiger partial charge in [-0.1, -0.05) is 17.3 Å². The molecular weight excluding hydrogens is 436 g/mol. The number of carbonyl (C=O) groups excluding carboxylic acids is 1. The Balaban J connectivity index is 1.44. The fraction of sp³-hybridized carbons (Fsp3) is 0.292. The quantitative estimate of drug-likeness (QED) is 0.432. The van der Waals surface area contributed by atoms with Gasteiger partial charge in [0.2, 0.25) is 12.2 Å². The van der Waals surface area contributed by atoms with Crippen LogP contribution in [0.5, 0.6) is 5.75 Å². The molecule has 0 radical (unpaired) electrons. The number of carbonyl (C=O) groups is 1. The Morgan fingerprint density at radius 3 is 2.79 bits per heavy atom. The fourth-order valence-electron chi connectivity index (χ4n) is 4.19. The Labute approximate surface area is 196 Å². The summed E-state index contributed by atoms with van der Waals surface area (Å²) in [6.45, 7) is 3.40. The van der Waals surface area contributed by atoms with E-state index in [2.05, 4.69) is 20.3 Å². The molecule has 5 rings (SSSR count). The SMILES string of the molecule is COc1ccc(CC2COCCN2C(=O)c2ccc(C)cc2-n2nccn2)cc1-c1ncon1. The predicted octanol–water partition coefficient (Wildman–Crippen LogP) is 2.72. The molecule has 2 aromatic heterocycles. The van der Waals surface area contributed by atoms with Crippen molar-refractivity contribution in [2.75, 3.05) is 26.9 Å². The van der Waals surface area contributed by atoms with Gasteiger partial charge in [-0.15, -0.1) is 0 Å². The first kappa shape index (κ1) is 21.8. The van der Waals surface area contributed by atoms with Crippen molar-refractivity contribution < 1.29 is 18.8 Å². The van der Waals surface area contributed by atoms with Gasteiger partial charge >= 0.3 is 0 Å². The zero-order chi connectivity index (χ0) is 23.5. The van der Waals surface area contributed by atoms with Gasteiger partial charge in [0.1, 0.15) is 5.75 Å².